The smallest absolute Gasteiger partial charge is 0.407 e. The highest BCUT2D eigenvalue weighted by Gasteiger charge is 2.02. The molecule has 0 radical (unpaired) electrons. The van der Waals surface area contributed by atoms with Crippen LogP contribution in [0.25, 0.3) is 0 Å². The number of hydrogen-bond donors (Lipinski definition) is 2. The molecule has 0 aliphatic heterocycles. The number of alkyl carbamates (subject to hydrolysis) is 1. The van der Waals surface area contributed by atoms with Crippen LogP contribution in [0, 0.1) is 0 Å². The molecule has 0 atom stereocenters. The number of hydrogen-bond acceptors (Lipinski definition) is 4. The molecule has 0 heterocycles. The van der Waals surface area contributed by atoms with Gasteiger partial charge < -0.3 is 20.1 Å². The normalized spacial score (nSPS) is 10.9. The minimum atomic E-state index is -0.364. The minimum Gasteiger partial charge on any atom is -0.449 e. The van der Waals surface area contributed by atoms with Crippen molar-refractivity contribution in [3.8, 4) is 0 Å². The first-order valence-electron chi connectivity index (χ1n) is 15.5. The highest BCUT2D eigenvalue weighted by Crippen LogP contribution is 2.13. The van der Waals surface area contributed by atoms with Gasteiger partial charge in [-0.15, -0.1) is 0 Å². The summed E-state index contributed by atoms with van der Waals surface area (Å²) in [5.41, 5.74) is 0. The summed E-state index contributed by atoms with van der Waals surface area (Å²) >= 11 is 0. The van der Waals surface area contributed by atoms with Crippen LogP contribution < -0.4 is 10.6 Å². The fourth-order valence-corrected chi connectivity index (χ4v) is 4.29. The average Bonchev–Trinajstić information content (AvgIpc) is 2.87. The van der Waals surface area contributed by atoms with Gasteiger partial charge in [0.2, 0.25) is 5.91 Å². The molecule has 6 heteroatoms. The number of carbonyl (C=O) groups is 2. The molecule has 0 unspecified atom stereocenters. The van der Waals surface area contributed by atoms with Gasteiger partial charge in [-0.25, -0.2) is 4.79 Å². The summed E-state index contributed by atoms with van der Waals surface area (Å²) in [4.78, 5) is 23.0. The van der Waals surface area contributed by atoms with Crippen LogP contribution in [0.3, 0.4) is 0 Å². The van der Waals surface area contributed by atoms with Gasteiger partial charge >= 0.3 is 6.09 Å². The van der Waals surface area contributed by atoms with E-state index in [9.17, 15) is 9.59 Å². The Kier molecular flexibility index (Phi) is 28.8. The maximum atomic E-state index is 11.6. The van der Waals surface area contributed by atoms with Crippen molar-refractivity contribution in [2.24, 2.45) is 0 Å². The molecule has 0 fully saturated rings. The lowest BCUT2D eigenvalue weighted by Crippen LogP contribution is -2.26. The maximum absolute atomic E-state index is 11.6. The van der Waals surface area contributed by atoms with Gasteiger partial charge in [0.15, 0.2) is 0 Å². The van der Waals surface area contributed by atoms with Crippen LogP contribution in [0.4, 0.5) is 4.79 Å². The van der Waals surface area contributed by atoms with E-state index in [-0.39, 0.29) is 12.0 Å². The van der Waals surface area contributed by atoms with Crippen molar-refractivity contribution in [2.75, 3.05) is 32.9 Å². The third-order valence-corrected chi connectivity index (χ3v) is 6.53. The quantitative estimate of drug-likeness (QED) is 0.104. The molecular weight excluding hydrogens is 452 g/mol. The van der Waals surface area contributed by atoms with Gasteiger partial charge in [0, 0.05) is 39.1 Å². The van der Waals surface area contributed by atoms with Crippen LogP contribution in [-0.2, 0) is 14.3 Å². The predicted octanol–water partition coefficient (Wildman–Crippen LogP) is 8.08. The van der Waals surface area contributed by atoms with Crippen molar-refractivity contribution >= 4 is 12.0 Å². The van der Waals surface area contributed by atoms with Crippen molar-refractivity contribution in [3.63, 3.8) is 0 Å². The first kappa shape index (κ1) is 34.7. The van der Waals surface area contributed by atoms with E-state index in [1.54, 1.807) is 0 Å². The second kappa shape index (κ2) is 29.9. The number of unbranched alkanes of at least 4 members (excludes halogenated alkanes) is 17. The number of carbonyl (C=O) groups excluding carboxylic acids is 2. The fraction of sp³-hybridized carbons (Fsp3) is 0.933. The number of ether oxygens (including phenoxy) is 2. The molecule has 6 nitrogen and oxygen atoms in total. The molecule has 2 amide bonds. The van der Waals surface area contributed by atoms with Crippen molar-refractivity contribution < 1.29 is 19.1 Å². The second-order valence-corrected chi connectivity index (χ2v) is 10.1. The van der Waals surface area contributed by atoms with E-state index in [2.05, 4.69) is 17.6 Å². The Morgan fingerprint density at radius 1 is 0.528 bits per heavy atom. The van der Waals surface area contributed by atoms with Crippen LogP contribution >= 0.6 is 0 Å². The highest BCUT2D eigenvalue weighted by molar-refractivity contribution is 5.75. The monoisotopic (exact) mass is 512 g/mol. The van der Waals surface area contributed by atoms with Crippen molar-refractivity contribution in [1.29, 1.82) is 0 Å². The number of nitrogens with one attached hydrogen (secondary N) is 2. The average molecular weight is 513 g/mol. The Bertz CT molecular complexity index is 474. The van der Waals surface area contributed by atoms with Gasteiger partial charge in [0.05, 0.1) is 6.61 Å². The van der Waals surface area contributed by atoms with E-state index in [1.165, 1.54) is 96.3 Å². The van der Waals surface area contributed by atoms with E-state index in [4.69, 9.17) is 9.47 Å². The minimum absolute atomic E-state index is 0.0990. The second-order valence-electron chi connectivity index (χ2n) is 10.1. The van der Waals surface area contributed by atoms with Gasteiger partial charge in [-0.2, -0.15) is 0 Å². The fourth-order valence-electron chi connectivity index (χ4n) is 4.29. The molecule has 0 aromatic rings. The SMILES string of the molecule is CCCCCCCCCCCCCCCCCCOCCCOC(=O)NCCCCCC(=O)NCC. The first-order chi connectivity index (χ1) is 17.7. The summed E-state index contributed by atoms with van der Waals surface area (Å²) in [5, 5.41) is 5.54. The van der Waals surface area contributed by atoms with Crippen LogP contribution in [0.5, 0.6) is 0 Å². The Labute approximate surface area is 223 Å². The third kappa shape index (κ3) is 28.9. The molecule has 0 saturated carbocycles. The Morgan fingerprint density at radius 3 is 1.58 bits per heavy atom. The zero-order chi connectivity index (χ0) is 26.4. The van der Waals surface area contributed by atoms with Gasteiger partial charge in [0.25, 0.3) is 0 Å². The summed E-state index contributed by atoms with van der Waals surface area (Å²) in [7, 11) is 0. The summed E-state index contributed by atoms with van der Waals surface area (Å²) in [6.07, 6.45) is 25.6. The number of amides is 2. The van der Waals surface area contributed by atoms with E-state index >= 15 is 0 Å². The van der Waals surface area contributed by atoms with E-state index in [1.807, 2.05) is 6.92 Å². The van der Waals surface area contributed by atoms with Crippen molar-refractivity contribution in [2.45, 2.75) is 149 Å². The molecular formula is C30H60N2O4. The predicted molar refractivity (Wildman–Crippen MR) is 151 cm³/mol. The summed E-state index contributed by atoms with van der Waals surface area (Å²) in [6, 6.07) is 0. The molecule has 0 saturated heterocycles. The highest BCUT2D eigenvalue weighted by atomic mass is 16.5. The molecule has 36 heavy (non-hydrogen) atoms. The Hall–Kier alpha value is -1.30. The number of rotatable bonds is 28. The van der Waals surface area contributed by atoms with Gasteiger partial charge in [0.1, 0.15) is 0 Å². The largest absolute Gasteiger partial charge is 0.449 e. The zero-order valence-corrected chi connectivity index (χ0v) is 24.0. The van der Waals surface area contributed by atoms with Gasteiger partial charge in [-0.1, -0.05) is 110 Å². The van der Waals surface area contributed by atoms with Crippen LogP contribution in [0.15, 0.2) is 0 Å². The summed E-state index contributed by atoms with van der Waals surface area (Å²) < 4.78 is 10.8. The lowest BCUT2D eigenvalue weighted by molar-refractivity contribution is -0.121. The molecule has 214 valence electrons. The lowest BCUT2D eigenvalue weighted by Gasteiger charge is -2.08. The third-order valence-electron chi connectivity index (χ3n) is 6.53. The molecule has 0 bridgehead atoms. The standard InChI is InChI=1S/C30H60N2O4/c1-3-5-6-7-8-9-10-11-12-13-14-15-16-17-18-22-26-35-27-23-28-36-30(34)32-25-21-19-20-24-29(33)31-4-2/h3-28H2,1-2H3,(H,31,33)(H,32,34). The molecule has 0 aromatic heterocycles. The molecule has 2 N–H and O–H groups in total. The van der Waals surface area contributed by atoms with Crippen molar-refractivity contribution in [1.82, 2.24) is 10.6 Å². The Morgan fingerprint density at radius 2 is 1.03 bits per heavy atom. The zero-order valence-electron chi connectivity index (χ0n) is 24.0. The molecule has 0 spiro atoms. The van der Waals surface area contributed by atoms with Gasteiger partial charge in [-0.3, -0.25) is 4.79 Å². The summed E-state index contributed by atoms with van der Waals surface area (Å²) in [5.74, 6) is 0.0990. The van der Waals surface area contributed by atoms with E-state index in [0.717, 1.165) is 38.7 Å². The first-order valence-corrected chi connectivity index (χ1v) is 15.5. The van der Waals surface area contributed by atoms with E-state index < -0.39 is 0 Å². The molecule has 0 aromatic carbocycles. The van der Waals surface area contributed by atoms with Crippen LogP contribution in [0.2, 0.25) is 0 Å². The maximum Gasteiger partial charge on any atom is 0.407 e. The van der Waals surface area contributed by atoms with Crippen LogP contribution in [-0.4, -0.2) is 44.9 Å². The molecule has 0 aliphatic carbocycles. The van der Waals surface area contributed by atoms with Crippen LogP contribution in [0.1, 0.15) is 149 Å². The van der Waals surface area contributed by atoms with Crippen molar-refractivity contribution in [3.05, 3.63) is 0 Å². The summed E-state index contributed by atoms with van der Waals surface area (Å²) in [6.45, 7) is 7.31. The molecule has 0 aliphatic rings. The van der Waals surface area contributed by atoms with Gasteiger partial charge in [-0.05, 0) is 26.2 Å². The molecule has 0 rings (SSSR count). The van der Waals surface area contributed by atoms with E-state index in [0.29, 0.717) is 32.7 Å². The lowest BCUT2D eigenvalue weighted by atomic mass is 10.0. The topological polar surface area (TPSA) is 76.7 Å². The Balaban J connectivity index is 3.15.